The molecule has 3 nitrogen and oxygen atoms in total. The number of Topliss-reactive ketones (excluding diaryl/α,β-unsaturated/α-hetero) is 1. The van der Waals surface area contributed by atoms with Gasteiger partial charge in [-0.15, -0.1) is 0 Å². The van der Waals surface area contributed by atoms with Crippen LogP contribution in [-0.4, -0.2) is 5.78 Å². The minimum absolute atomic E-state index is 0.0682. The van der Waals surface area contributed by atoms with Crippen LogP contribution in [0, 0.1) is 16.7 Å². The Bertz CT molecular complexity index is 586. The van der Waals surface area contributed by atoms with Crippen LogP contribution in [0.25, 0.3) is 0 Å². The molecule has 0 radical (unpaired) electrons. The quantitative estimate of drug-likeness (QED) is 0.638. The first-order valence-corrected chi connectivity index (χ1v) is 7.23. The Morgan fingerprint density at radius 3 is 2.45 bits per heavy atom. The van der Waals surface area contributed by atoms with Crippen molar-refractivity contribution in [3.63, 3.8) is 0 Å². The van der Waals surface area contributed by atoms with Crippen molar-refractivity contribution < 1.29 is 4.79 Å². The molecule has 1 aromatic carbocycles. The van der Waals surface area contributed by atoms with Gasteiger partial charge < -0.3 is 11.1 Å². The van der Waals surface area contributed by atoms with Crippen LogP contribution in [0.3, 0.4) is 0 Å². The first-order valence-electron chi connectivity index (χ1n) is 7.23. The average molecular weight is 270 g/mol. The number of rotatable bonds is 2. The second-order valence-corrected chi connectivity index (χ2v) is 6.84. The molecule has 20 heavy (non-hydrogen) atoms. The molecule has 1 aromatic rings. The molecule has 3 heteroatoms. The molecule has 0 saturated heterocycles. The Morgan fingerprint density at radius 1 is 1.25 bits per heavy atom. The Kier molecular flexibility index (Phi) is 2.72. The number of carbonyl (C=O) groups excluding carboxylic acids is 1. The van der Waals surface area contributed by atoms with Crippen molar-refractivity contribution in [2.45, 2.75) is 33.6 Å². The van der Waals surface area contributed by atoms with Crippen LogP contribution >= 0.6 is 0 Å². The molecule has 2 atom stereocenters. The number of ketones is 1. The number of carbonyl (C=O) groups is 1. The summed E-state index contributed by atoms with van der Waals surface area (Å²) in [5.41, 5.74) is 8.22. The van der Waals surface area contributed by atoms with Crippen molar-refractivity contribution in [1.29, 1.82) is 0 Å². The van der Waals surface area contributed by atoms with E-state index in [0.717, 1.165) is 29.8 Å². The van der Waals surface area contributed by atoms with Gasteiger partial charge in [-0.25, -0.2) is 0 Å². The number of nitrogens with one attached hydrogen (secondary N) is 1. The highest BCUT2D eigenvalue weighted by molar-refractivity contribution is 6.04. The lowest BCUT2D eigenvalue weighted by molar-refractivity contribution is -0.125. The second-order valence-electron chi connectivity index (χ2n) is 6.84. The van der Waals surface area contributed by atoms with E-state index in [1.54, 1.807) is 0 Å². The Hall–Kier alpha value is -1.77. The van der Waals surface area contributed by atoms with Crippen LogP contribution in [-0.2, 0) is 4.79 Å². The lowest BCUT2D eigenvalue weighted by atomic mass is 9.70. The van der Waals surface area contributed by atoms with Crippen LogP contribution in [0.15, 0.2) is 36.0 Å². The summed E-state index contributed by atoms with van der Waals surface area (Å²) in [4.78, 5) is 12.7. The summed E-state index contributed by atoms with van der Waals surface area (Å²) in [6.45, 7) is 6.58. The molecule has 0 aliphatic heterocycles. The van der Waals surface area contributed by atoms with Crippen molar-refractivity contribution in [3.8, 4) is 0 Å². The lowest BCUT2D eigenvalue weighted by Crippen LogP contribution is -2.32. The average Bonchev–Trinajstić information content (AvgIpc) is 2.71. The van der Waals surface area contributed by atoms with Gasteiger partial charge in [0.25, 0.3) is 0 Å². The Labute approximate surface area is 120 Å². The predicted octanol–water partition coefficient (Wildman–Crippen LogP) is 3.59. The maximum atomic E-state index is 12.7. The highest BCUT2D eigenvalue weighted by atomic mass is 16.1. The van der Waals surface area contributed by atoms with Gasteiger partial charge in [-0.2, -0.15) is 0 Å². The van der Waals surface area contributed by atoms with Crippen molar-refractivity contribution in [3.05, 3.63) is 36.0 Å². The van der Waals surface area contributed by atoms with Crippen molar-refractivity contribution >= 4 is 17.2 Å². The minimum atomic E-state index is -0.188. The van der Waals surface area contributed by atoms with Gasteiger partial charge in [0, 0.05) is 28.6 Å². The van der Waals surface area contributed by atoms with Gasteiger partial charge >= 0.3 is 0 Å². The molecule has 2 fully saturated rings. The van der Waals surface area contributed by atoms with Gasteiger partial charge in [-0.1, -0.05) is 20.8 Å². The molecular formula is C17H22N2O. The summed E-state index contributed by atoms with van der Waals surface area (Å²) in [5.74, 6) is 0.697. The van der Waals surface area contributed by atoms with Gasteiger partial charge in [0.05, 0.1) is 0 Å². The van der Waals surface area contributed by atoms with E-state index >= 15 is 0 Å². The minimum Gasteiger partial charge on any atom is -0.399 e. The number of allylic oxidation sites excluding steroid dienone is 1. The number of benzene rings is 1. The summed E-state index contributed by atoms with van der Waals surface area (Å²) in [6.07, 6.45) is 4.04. The number of hydrogen-bond donors (Lipinski definition) is 2. The fourth-order valence-corrected chi connectivity index (χ4v) is 3.83. The van der Waals surface area contributed by atoms with E-state index in [1.165, 1.54) is 0 Å². The first-order chi connectivity index (χ1) is 9.36. The molecule has 2 saturated carbocycles. The van der Waals surface area contributed by atoms with Crippen LogP contribution in [0.4, 0.5) is 11.4 Å². The van der Waals surface area contributed by atoms with E-state index < -0.39 is 0 Å². The highest BCUT2D eigenvalue weighted by Gasteiger charge is 2.63. The summed E-state index contributed by atoms with van der Waals surface area (Å²) < 4.78 is 0. The third-order valence-corrected chi connectivity index (χ3v) is 5.67. The van der Waals surface area contributed by atoms with E-state index in [2.05, 4.69) is 26.1 Å². The molecular weight excluding hydrogens is 248 g/mol. The number of anilines is 2. The number of hydrogen-bond acceptors (Lipinski definition) is 3. The van der Waals surface area contributed by atoms with E-state index in [0.29, 0.717) is 11.7 Å². The molecule has 2 aliphatic carbocycles. The first kappa shape index (κ1) is 13.2. The van der Waals surface area contributed by atoms with Gasteiger partial charge in [0.2, 0.25) is 0 Å². The molecule has 2 bridgehead atoms. The van der Waals surface area contributed by atoms with E-state index in [9.17, 15) is 4.79 Å². The zero-order valence-corrected chi connectivity index (χ0v) is 12.4. The number of fused-ring (bicyclic) bond motifs is 2. The number of nitrogens with two attached hydrogens (primary N) is 1. The van der Waals surface area contributed by atoms with Gasteiger partial charge in [-0.05, 0) is 48.4 Å². The van der Waals surface area contributed by atoms with Crippen LogP contribution in [0.5, 0.6) is 0 Å². The fourth-order valence-electron chi connectivity index (χ4n) is 3.83. The second kappa shape index (κ2) is 4.11. The summed E-state index contributed by atoms with van der Waals surface area (Å²) in [5, 5.41) is 3.25. The van der Waals surface area contributed by atoms with E-state index in [-0.39, 0.29) is 10.8 Å². The van der Waals surface area contributed by atoms with Crippen molar-refractivity contribution in [1.82, 2.24) is 0 Å². The topological polar surface area (TPSA) is 55.1 Å². The van der Waals surface area contributed by atoms with E-state index in [4.69, 9.17) is 5.73 Å². The largest absolute Gasteiger partial charge is 0.399 e. The normalized spacial score (nSPS) is 32.9. The molecule has 2 aliphatic rings. The van der Waals surface area contributed by atoms with Crippen molar-refractivity contribution in [2.75, 3.05) is 11.1 Å². The van der Waals surface area contributed by atoms with Crippen molar-refractivity contribution in [2.24, 2.45) is 16.7 Å². The van der Waals surface area contributed by atoms with Crippen LogP contribution in [0.1, 0.15) is 33.6 Å². The van der Waals surface area contributed by atoms with Gasteiger partial charge in [0.1, 0.15) is 0 Å². The molecule has 3 rings (SSSR count). The SMILES string of the molecule is CC1(C)[C@@H]2CC[C@@]1(C)C(=O)/C2=C/Nc1ccc(N)cc1. The molecule has 106 valence electrons. The number of nitrogen functional groups attached to an aromatic ring is 1. The third-order valence-electron chi connectivity index (χ3n) is 5.67. The third kappa shape index (κ3) is 1.62. The molecule has 0 unspecified atom stereocenters. The maximum absolute atomic E-state index is 12.7. The van der Waals surface area contributed by atoms with Crippen LogP contribution < -0.4 is 11.1 Å². The monoisotopic (exact) mass is 270 g/mol. The van der Waals surface area contributed by atoms with Gasteiger partial charge in [0.15, 0.2) is 5.78 Å². The zero-order valence-electron chi connectivity index (χ0n) is 12.4. The summed E-state index contributed by atoms with van der Waals surface area (Å²) in [7, 11) is 0. The molecule has 0 amide bonds. The Balaban J connectivity index is 1.87. The summed E-state index contributed by atoms with van der Waals surface area (Å²) >= 11 is 0. The van der Waals surface area contributed by atoms with Crippen LogP contribution in [0.2, 0.25) is 0 Å². The predicted molar refractivity (Wildman–Crippen MR) is 82.2 cm³/mol. The standard InChI is InChI=1S/C17H22N2O/c1-16(2)14-8-9-17(16,3)15(20)13(14)10-19-12-6-4-11(18)5-7-12/h4-7,10,14,19H,8-9,18H2,1-3H3/b13-10+/t14-,17+/m1/s1. The zero-order chi connectivity index (χ0) is 14.5. The molecule has 0 aromatic heterocycles. The molecule has 3 N–H and O–H groups in total. The molecule has 0 spiro atoms. The van der Waals surface area contributed by atoms with Gasteiger partial charge in [-0.3, -0.25) is 4.79 Å². The summed E-state index contributed by atoms with van der Waals surface area (Å²) in [6, 6.07) is 7.57. The molecule has 0 heterocycles. The smallest absolute Gasteiger partial charge is 0.167 e. The maximum Gasteiger partial charge on any atom is 0.167 e. The fraction of sp³-hybridized carbons (Fsp3) is 0.471. The highest BCUT2D eigenvalue weighted by Crippen LogP contribution is 2.65. The Morgan fingerprint density at radius 2 is 1.90 bits per heavy atom. The lowest BCUT2D eigenvalue weighted by Gasteiger charge is -2.31. The van der Waals surface area contributed by atoms with E-state index in [1.807, 2.05) is 30.5 Å².